The van der Waals surface area contributed by atoms with Crippen LogP contribution in [0.4, 0.5) is 0 Å². The van der Waals surface area contributed by atoms with Gasteiger partial charge in [-0.05, 0) is 24.6 Å². The molecule has 16 heavy (non-hydrogen) atoms. The molecule has 0 spiro atoms. The maximum atomic E-state index is 4.51. The molecule has 0 N–H and O–H groups in total. The lowest BCUT2D eigenvalue weighted by molar-refractivity contribution is 0.949. The number of aromatic nitrogens is 3. The summed E-state index contributed by atoms with van der Waals surface area (Å²) in [6.45, 7) is 2.05. The highest BCUT2D eigenvalue weighted by molar-refractivity contribution is 5.77. The van der Waals surface area contributed by atoms with E-state index in [1.807, 2.05) is 53.5 Å². The molecular formula is C13H11N3. The van der Waals surface area contributed by atoms with Gasteiger partial charge in [0.2, 0.25) is 5.95 Å². The molecule has 0 bridgehead atoms. The zero-order chi connectivity index (χ0) is 11.0. The van der Waals surface area contributed by atoms with Gasteiger partial charge in [-0.15, -0.1) is 0 Å². The van der Waals surface area contributed by atoms with Gasteiger partial charge in [0.1, 0.15) is 0 Å². The lowest BCUT2D eigenvalue weighted by Gasteiger charge is -2.02. The van der Waals surface area contributed by atoms with Gasteiger partial charge in [0, 0.05) is 24.0 Å². The highest BCUT2D eigenvalue weighted by atomic mass is 15.1. The van der Waals surface area contributed by atoms with Crippen LogP contribution >= 0.6 is 0 Å². The van der Waals surface area contributed by atoms with Crippen LogP contribution in [0.25, 0.3) is 16.9 Å². The number of nitrogens with zero attached hydrogens (tertiary/aromatic N) is 3. The van der Waals surface area contributed by atoms with Crippen molar-refractivity contribution >= 4 is 10.9 Å². The average Bonchev–Trinajstić information content (AvgIpc) is 2.75. The van der Waals surface area contributed by atoms with Gasteiger partial charge in [0.25, 0.3) is 0 Å². The molecule has 2 heterocycles. The average molecular weight is 209 g/mol. The molecule has 0 amide bonds. The Morgan fingerprint density at radius 1 is 1.12 bits per heavy atom. The van der Waals surface area contributed by atoms with E-state index in [0.29, 0.717) is 5.95 Å². The van der Waals surface area contributed by atoms with Gasteiger partial charge in [0.15, 0.2) is 0 Å². The van der Waals surface area contributed by atoms with Crippen LogP contribution in [0, 0.1) is 6.92 Å². The van der Waals surface area contributed by atoms with Gasteiger partial charge in [0.05, 0.1) is 5.52 Å². The Balaban J connectivity index is 2.18. The summed E-state index contributed by atoms with van der Waals surface area (Å²) in [5.41, 5.74) is 2.18. The summed E-state index contributed by atoms with van der Waals surface area (Å²) < 4.78 is 1.93. The normalized spacial score (nSPS) is 10.8. The maximum Gasteiger partial charge on any atom is 0.234 e. The van der Waals surface area contributed by atoms with Crippen molar-refractivity contribution in [3.63, 3.8) is 0 Å². The Kier molecular flexibility index (Phi) is 1.96. The molecule has 2 aromatic heterocycles. The second-order valence-electron chi connectivity index (χ2n) is 3.82. The molecule has 0 atom stereocenters. The van der Waals surface area contributed by atoms with Crippen molar-refractivity contribution in [3.05, 3.63) is 54.5 Å². The van der Waals surface area contributed by atoms with Crippen molar-refractivity contribution < 1.29 is 0 Å². The molecule has 3 aromatic rings. The number of hydrogen-bond acceptors (Lipinski definition) is 2. The van der Waals surface area contributed by atoms with E-state index in [2.05, 4.69) is 16.9 Å². The van der Waals surface area contributed by atoms with E-state index in [0.717, 1.165) is 10.9 Å². The van der Waals surface area contributed by atoms with Crippen LogP contribution in [0.2, 0.25) is 0 Å². The van der Waals surface area contributed by atoms with Crippen LogP contribution in [0.1, 0.15) is 5.56 Å². The number of hydrogen-bond donors (Lipinski definition) is 0. The van der Waals surface area contributed by atoms with E-state index < -0.39 is 0 Å². The minimum atomic E-state index is 0.715. The number of rotatable bonds is 1. The van der Waals surface area contributed by atoms with Gasteiger partial charge in [-0.2, -0.15) is 0 Å². The van der Waals surface area contributed by atoms with Crippen molar-refractivity contribution in [2.75, 3.05) is 0 Å². The third-order valence-corrected chi connectivity index (χ3v) is 2.55. The number of fused-ring (bicyclic) bond motifs is 1. The summed E-state index contributed by atoms with van der Waals surface area (Å²) in [6, 6.07) is 10.0. The molecule has 0 aliphatic rings. The third-order valence-electron chi connectivity index (χ3n) is 2.55. The first kappa shape index (κ1) is 9.09. The van der Waals surface area contributed by atoms with Crippen molar-refractivity contribution in [3.8, 4) is 5.95 Å². The Labute approximate surface area is 93.4 Å². The second-order valence-corrected chi connectivity index (χ2v) is 3.82. The van der Waals surface area contributed by atoms with Crippen LogP contribution in [0.3, 0.4) is 0 Å². The van der Waals surface area contributed by atoms with Crippen molar-refractivity contribution in [1.29, 1.82) is 0 Å². The predicted octanol–water partition coefficient (Wildman–Crippen LogP) is 2.73. The van der Waals surface area contributed by atoms with Gasteiger partial charge in [-0.25, -0.2) is 9.97 Å². The third kappa shape index (κ3) is 1.46. The lowest BCUT2D eigenvalue weighted by Crippen LogP contribution is -1.97. The number of aryl methyl sites for hydroxylation is 1. The summed E-state index contributed by atoms with van der Waals surface area (Å²) in [7, 11) is 0. The van der Waals surface area contributed by atoms with Crippen molar-refractivity contribution in [2.24, 2.45) is 0 Å². The largest absolute Gasteiger partial charge is 0.293 e. The van der Waals surface area contributed by atoms with Gasteiger partial charge >= 0.3 is 0 Å². The van der Waals surface area contributed by atoms with Crippen LogP contribution in [0.5, 0.6) is 0 Å². The first-order valence-electron chi connectivity index (χ1n) is 5.20. The summed E-state index contributed by atoms with van der Waals surface area (Å²) in [6.07, 6.45) is 5.84. The van der Waals surface area contributed by atoms with E-state index in [1.165, 1.54) is 5.56 Å². The fourth-order valence-electron chi connectivity index (χ4n) is 1.71. The van der Waals surface area contributed by atoms with Crippen molar-refractivity contribution in [1.82, 2.24) is 14.5 Å². The van der Waals surface area contributed by atoms with E-state index in [4.69, 9.17) is 0 Å². The number of benzene rings is 1. The van der Waals surface area contributed by atoms with Crippen LogP contribution in [-0.4, -0.2) is 14.5 Å². The smallest absolute Gasteiger partial charge is 0.234 e. The minimum absolute atomic E-state index is 0.715. The Morgan fingerprint density at radius 2 is 2.00 bits per heavy atom. The second kappa shape index (κ2) is 3.45. The Hall–Kier alpha value is -2.16. The van der Waals surface area contributed by atoms with E-state index in [1.54, 1.807) is 0 Å². The fourth-order valence-corrected chi connectivity index (χ4v) is 1.71. The predicted molar refractivity (Wildman–Crippen MR) is 63.6 cm³/mol. The van der Waals surface area contributed by atoms with Gasteiger partial charge < -0.3 is 0 Å². The van der Waals surface area contributed by atoms with Gasteiger partial charge in [-0.3, -0.25) is 4.57 Å². The molecular weight excluding hydrogens is 198 g/mol. The standard InChI is InChI=1S/C13H11N3/c1-10-6-7-16(9-10)13-14-8-11-4-2-3-5-12(11)15-13/h2-9H,1H3. The molecule has 3 nitrogen and oxygen atoms in total. The quantitative estimate of drug-likeness (QED) is 0.617. The molecule has 1 aromatic carbocycles. The highest BCUT2D eigenvalue weighted by Gasteiger charge is 2.01. The van der Waals surface area contributed by atoms with Crippen LogP contribution in [0.15, 0.2) is 48.9 Å². The van der Waals surface area contributed by atoms with E-state index >= 15 is 0 Å². The van der Waals surface area contributed by atoms with Crippen LogP contribution < -0.4 is 0 Å². The summed E-state index contributed by atoms with van der Waals surface area (Å²) in [4.78, 5) is 8.85. The first-order valence-corrected chi connectivity index (χ1v) is 5.20. The molecule has 3 heteroatoms. The SMILES string of the molecule is Cc1ccn(-c2ncc3ccccc3n2)c1. The topological polar surface area (TPSA) is 30.7 Å². The monoisotopic (exact) mass is 209 g/mol. The number of para-hydroxylation sites is 1. The molecule has 78 valence electrons. The van der Waals surface area contributed by atoms with Crippen LogP contribution in [-0.2, 0) is 0 Å². The Bertz CT molecular complexity index is 640. The molecule has 0 unspecified atom stereocenters. The van der Waals surface area contributed by atoms with E-state index in [9.17, 15) is 0 Å². The summed E-state index contributed by atoms with van der Waals surface area (Å²) >= 11 is 0. The molecule has 3 rings (SSSR count). The van der Waals surface area contributed by atoms with Crippen molar-refractivity contribution in [2.45, 2.75) is 6.92 Å². The lowest BCUT2D eigenvalue weighted by atomic mass is 10.2. The fraction of sp³-hybridized carbons (Fsp3) is 0.0769. The Morgan fingerprint density at radius 3 is 2.81 bits per heavy atom. The summed E-state index contributed by atoms with van der Waals surface area (Å²) in [5.74, 6) is 0.715. The minimum Gasteiger partial charge on any atom is -0.293 e. The first-order chi connectivity index (χ1) is 7.83. The zero-order valence-corrected chi connectivity index (χ0v) is 8.96. The molecule has 0 saturated heterocycles. The molecule has 0 radical (unpaired) electrons. The molecule has 0 saturated carbocycles. The molecule has 0 fully saturated rings. The molecule has 0 aliphatic carbocycles. The summed E-state index contributed by atoms with van der Waals surface area (Å²) in [5, 5.41) is 1.06. The van der Waals surface area contributed by atoms with Gasteiger partial charge in [-0.1, -0.05) is 18.2 Å². The van der Waals surface area contributed by atoms with E-state index in [-0.39, 0.29) is 0 Å². The maximum absolute atomic E-state index is 4.51. The zero-order valence-electron chi connectivity index (χ0n) is 8.96. The highest BCUT2D eigenvalue weighted by Crippen LogP contribution is 2.12. The molecule has 0 aliphatic heterocycles.